The smallest absolute Gasteiger partial charge is 0.331 e. The number of urea groups is 1. The van der Waals surface area contributed by atoms with Crippen molar-refractivity contribution in [3.63, 3.8) is 0 Å². The number of rotatable bonds is 7. The lowest BCUT2D eigenvalue weighted by atomic mass is 9.91. The van der Waals surface area contributed by atoms with Crippen molar-refractivity contribution in [1.82, 2.24) is 14.9 Å². The summed E-state index contributed by atoms with van der Waals surface area (Å²) in [5, 5.41) is 2.13. The molecule has 0 spiro atoms. The number of amides is 4. The zero-order valence-electron chi connectivity index (χ0n) is 19.1. The Labute approximate surface area is 208 Å². The largest absolute Gasteiger partial charge is 0.598 e. The van der Waals surface area contributed by atoms with Crippen molar-refractivity contribution in [2.45, 2.75) is 63.0 Å². The van der Waals surface area contributed by atoms with Gasteiger partial charge < -0.3 is 9.29 Å². The number of hydrogen-bond acceptors (Lipinski definition) is 6. The molecule has 2 fully saturated rings. The number of nitrogens with zero attached hydrogens (tertiary/aromatic N) is 1. The molecule has 1 unspecified atom stereocenters. The molecule has 12 heteroatoms. The van der Waals surface area contributed by atoms with E-state index in [1.54, 1.807) is 20.8 Å². The summed E-state index contributed by atoms with van der Waals surface area (Å²) < 4.78 is 50.8. The van der Waals surface area contributed by atoms with E-state index < -0.39 is 70.4 Å². The van der Waals surface area contributed by atoms with Crippen LogP contribution in [0.1, 0.15) is 51.6 Å². The van der Waals surface area contributed by atoms with Crippen LogP contribution in [0, 0.1) is 11.7 Å². The summed E-state index contributed by atoms with van der Waals surface area (Å²) in [6.07, 6.45) is -1.76. The average Bonchev–Trinajstić information content (AvgIpc) is 2.75. The number of barbiturate groups is 1. The van der Waals surface area contributed by atoms with Crippen molar-refractivity contribution in [3.05, 3.63) is 34.1 Å². The Hall–Kier alpha value is -1.60. The Balaban J connectivity index is 1.86. The first kappa shape index (κ1) is 27.0. The fourth-order valence-electron chi connectivity index (χ4n) is 3.87. The Morgan fingerprint density at radius 3 is 2.53 bits per heavy atom. The first-order chi connectivity index (χ1) is 15.9. The zero-order chi connectivity index (χ0) is 25.2. The lowest BCUT2D eigenvalue weighted by Crippen LogP contribution is -2.62. The van der Waals surface area contributed by atoms with E-state index in [9.17, 15) is 23.3 Å². The number of alkyl halides is 1. The van der Waals surface area contributed by atoms with Crippen LogP contribution in [0.5, 0.6) is 0 Å². The second-order valence-electron chi connectivity index (χ2n) is 9.29. The van der Waals surface area contributed by atoms with Crippen molar-refractivity contribution >= 4 is 45.1 Å². The predicted molar refractivity (Wildman–Crippen MR) is 125 cm³/mol. The van der Waals surface area contributed by atoms with Gasteiger partial charge in [0.25, 0.3) is 0 Å². The van der Waals surface area contributed by atoms with Crippen molar-refractivity contribution in [3.8, 4) is 0 Å². The van der Waals surface area contributed by atoms with Gasteiger partial charge >= 0.3 is 6.03 Å². The number of carbonyl (C=O) groups excluding carboxylic acids is 3. The molecule has 1 aromatic rings. The van der Waals surface area contributed by atoms with Crippen LogP contribution in [-0.4, -0.2) is 57.5 Å². The van der Waals surface area contributed by atoms with E-state index in [1.807, 2.05) is 0 Å². The molecule has 34 heavy (non-hydrogen) atoms. The van der Waals surface area contributed by atoms with E-state index >= 15 is 4.39 Å². The van der Waals surface area contributed by atoms with Gasteiger partial charge in [0.05, 0.1) is 0 Å². The molecule has 2 saturated heterocycles. The van der Waals surface area contributed by atoms with Crippen molar-refractivity contribution in [2.75, 3.05) is 13.2 Å². The fraction of sp³-hybridized carbons (Fsp3) is 0.591. The first-order valence-electron chi connectivity index (χ1n) is 10.9. The van der Waals surface area contributed by atoms with Gasteiger partial charge in [-0.25, -0.2) is 13.6 Å². The van der Waals surface area contributed by atoms with Gasteiger partial charge in [0, 0.05) is 47.1 Å². The molecule has 0 aromatic heterocycles. The number of benzene rings is 1. The molecule has 1 aromatic carbocycles. The minimum Gasteiger partial charge on any atom is -0.598 e. The van der Waals surface area contributed by atoms with Gasteiger partial charge in [0.15, 0.2) is 0 Å². The maximum Gasteiger partial charge on any atom is 0.331 e. The van der Waals surface area contributed by atoms with Crippen molar-refractivity contribution < 1.29 is 32.5 Å². The first-order valence-corrected chi connectivity index (χ1v) is 12.9. The number of hydrogen-bond donors (Lipinski definition) is 2. The van der Waals surface area contributed by atoms with Crippen LogP contribution in [0.2, 0.25) is 0 Å². The van der Waals surface area contributed by atoms with Crippen LogP contribution >= 0.6 is 15.9 Å². The summed E-state index contributed by atoms with van der Waals surface area (Å²) >= 11 is 1.38. The van der Waals surface area contributed by atoms with E-state index in [0.29, 0.717) is 30.5 Å². The van der Waals surface area contributed by atoms with Gasteiger partial charge in [-0.3, -0.25) is 19.8 Å². The van der Waals surface area contributed by atoms with Crippen LogP contribution in [0.25, 0.3) is 0 Å². The van der Waals surface area contributed by atoms with E-state index in [-0.39, 0.29) is 5.56 Å². The Kier molecular flexibility index (Phi) is 8.72. The highest BCUT2D eigenvalue weighted by Gasteiger charge is 2.46. The minimum atomic E-state index is -1.97. The molecule has 2 heterocycles. The average molecular weight is 564 g/mol. The molecule has 188 valence electrons. The molecule has 0 aliphatic carbocycles. The second-order valence-corrected chi connectivity index (χ2v) is 12.2. The van der Waals surface area contributed by atoms with E-state index in [1.165, 1.54) is 12.1 Å². The monoisotopic (exact) mass is 563 g/mol. The number of ether oxygens (including phenoxy) is 1. The Morgan fingerprint density at radius 1 is 1.29 bits per heavy atom. The standard InChI is InChI=1S/C22H28BrF2N3O5S/c1-22(2,3)34(32)27-18(14-5-4-12(23)10-16(14)24)17(25)11-15-19(29)26-21(31)28(20(15)30)13-6-8-33-9-7-13/h4-5,10,13,15,17-18,27H,6-9,11H2,1-3H3,(H,26,29,31)/t15?,17-,18+,34-/m1/s1. The highest BCUT2D eigenvalue weighted by molar-refractivity contribution is 9.10. The van der Waals surface area contributed by atoms with Crippen LogP contribution in [0.4, 0.5) is 13.6 Å². The van der Waals surface area contributed by atoms with Gasteiger partial charge in [-0.2, -0.15) is 0 Å². The number of imide groups is 2. The maximum absolute atomic E-state index is 15.7. The minimum absolute atomic E-state index is 0.0886. The van der Waals surface area contributed by atoms with Gasteiger partial charge in [0.1, 0.15) is 28.7 Å². The molecule has 2 N–H and O–H groups in total. The lowest BCUT2D eigenvalue weighted by Gasteiger charge is -2.38. The number of carbonyl (C=O) groups is 3. The molecule has 0 saturated carbocycles. The summed E-state index contributed by atoms with van der Waals surface area (Å²) in [6, 6.07) is 1.33. The van der Waals surface area contributed by atoms with Gasteiger partial charge in [-0.05, 0) is 45.7 Å². The highest BCUT2D eigenvalue weighted by atomic mass is 79.9. The van der Waals surface area contributed by atoms with Crippen LogP contribution in [-0.2, 0) is 25.7 Å². The molecular weight excluding hydrogens is 536 g/mol. The van der Waals surface area contributed by atoms with Crippen molar-refractivity contribution in [2.24, 2.45) is 5.92 Å². The second kappa shape index (κ2) is 11.0. The highest BCUT2D eigenvalue weighted by Crippen LogP contribution is 2.32. The number of nitrogens with one attached hydrogen (secondary N) is 2. The Morgan fingerprint density at radius 2 is 1.94 bits per heavy atom. The van der Waals surface area contributed by atoms with Crippen LogP contribution < -0.4 is 10.0 Å². The normalized spacial score (nSPS) is 23.0. The maximum atomic E-state index is 15.7. The van der Waals surface area contributed by atoms with E-state index in [0.717, 1.165) is 11.0 Å². The van der Waals surface area contributed by atoms with Gasteiger partial charge in [-0.1, -0.05) is 22.0 Å². The molecule has 2 aliphatic rings. The van der Waals surface area contributed by atoms with Crippen LogP contribution in [0.3, 0.4) is 0 Å². The summed E-state index contributed by atoms with van der Waals surface area (Å²) in [5.41, 5.74) is -0.0886. The summed E-state index contributed by atoms with van der Waals surface area (Å²) in [6.45, 7) is 5.74. The molecule has 4 amide bonds. The molecule has 4 atom stereocenters. The molecule has 8 nitrogen and oxygen atoms in total. The third kappa shape index (κ3) is 6.14. The van der Waals surface area contributed by atoms with Gasteiger partial charge in [0.2, 0.25) is 11.8 Å². The predicted octanol–water partition coefficient (Wildman–Crippen LogP) is 3.28. The lowest BCUT2D eigenvalue weighted by molar-refractivity contribution is -0.146. The molecule has 0 radical (unpaired) electrons. The van der Waals surface area contributed by atoms with E-state index in [2.05, 4.69) is 26.0 Å². The van der Waals surface area contributed by atoms with Gasteiger partial charge in [-0.15, -0.1) is 4.72 Å². The quantitative estimate of drug-likeness (QED) is 0.389. The summed E-state index contributed by atoms with van der Waals surface area (Å²) in [4.78, 5) is 38.9. The van der Waals surface area contributed by atoms with Crippen LogP contribution in [0.15, 0.2) is 22.7 Å². The topological polar surface area (TPSA) is 111 Å². The molecule has 3 rings (SSSR count). The summed E-state index contributed by atoms with van der Waals surface area (Å²) in [5.74, 6) is -3.93. The third-order valence-corrected chi connectivity index (χ3v) is 7.84. The zero-order valence-corrected chi connectivity index (χ0v) is 21.5. The number of halogens is 3. The fourth-order valence-corrected chi connectivity index (χ4v) is 5.06. The molecule has 2 aliphatic heterocycles. The molecule has 0 bridgehead atoms. The molecular formula is C22H28BrF2N3O5S. The Bertz CT molecular complexity index is 942. The summed E-state index contributed by atoms with van der Waals surface area (Å²) in [7, 11) is 0. The third-order valence-electron chi connectivity index (χ3n) is 5.77. The SMILES string of the molecule is CC(C)(C)[S@@+]([O-])N[C@@H](c1ccc(Br)cc1F)[C@H](F)CC1C(=O)NC(=O)N(C2CCOCC2)C1=O. The van der Waals surface area contributed by atoms with Crippen molar-refractivity contribution in [1.29, 1.82) is 0 Å². The van der Waals surface area contributed by atoms with E-state index in [4.69, 9.17) is 4.74 Å².